The zero-order valence-corrected chi connectivity index (χ0v) is 12.5. The molecule has 1 N–H and O–H groups in total. The third kappa shape index (κ3) is 3.77. The number of nitrogens with one attached hydrogen (secondary N) is 1. The molecule has 0 bridgehead atoms. The Bertz CT molecular complexity index is 709. The normalized spacial score (nSPS) is 11.4. The summed E-state index contributed by atoms with van der Waals surface area (Å²) < 4.78 is 6.00. The number of nitrogens with zero attached hydrogens (tertiary/aromatic N) is 3. The summed E-state index contributed by atoms with van der Waals surface area (Å²) in [6, 6.07) is 4.69. The second-order valence-electron chi connectivity index (χ2n) is 5.84. The summed E-state index contributed by atoms with van der Waals surface area (Å²) in [4.78, 5) is 23.7. The lowest BCUT2D eigenvalue weighted by atomic mass is 9.92. The molecule has 0 aliphatic carbocycles. The van der Waals surface area contributed by atoms with Crippen molar-refractivity contribution in [1.29, 1.82) is 0 Å². The molecular formula is C14H18N4O3. The van der Waals surface area contributed by atoms with E-state index >= 15 is 0 Å². The fourth-order valence-corrected chi connectivity index (χ4v) is 1.71. The molecule has 2 rings (SSSR count). The van der Waals surface area contributed by atoms with Crippen LogP contribution in [0.3, 0.4) is 0 Å². The number of aryl methyl sites for hydroxylation is 1. The molecule has 2 heterocycles. The predicted molar refractivity (Wildman–Crippen MR) is 77.1 cm³/mol. The molecule has 7 nitrogen and oxygen atoms in total. The van der Waals surface area contributed by atoms with E-state index in [9.17, 15) is 9.59 Å². The molecule has 2 aromatic heterocycles. The molecule has 0 aliphatic heterocycles. The van der Waals surface area contributed by atoms with Gasteiger partial charge in [0.05, 0.1) is 5.69 Å². The molecule has 0 spiro atoms. The van der Waals surface area contributed by atoms with Gasteiger partial charge in [0, 0.05) is 17.5 Å². The Morgan fingerprint density at radius 3 is 2.67 bits per heavy atom. The highest BCUT2D eigenvalue weighted by molar-refractivity contribution is 5.89. The minimum Gasteiger partial charge on any atom is -0.360 e. The lowest BCUT2D eigenvalue weighted by molar-refractivity contribution is -0.117. The van der Waals surface area contributed by atoms with Gasteiger partial charge in [-0.05, 0) is 13.0 Å². The van der Waals surface area contributed by atoms with Gasteiger partial charge in [-0.25, -0.2) is 4.68 Å². The zero-order chi connectivity index (χ0) is 15.6. The Morgan fingerprint density at radius 1 is 1.38 bits per heavy atom. The highest BCUT2D eigenvalue weighted by atomic mass is 16.5. The van der Waals surface area contributed by atoms with Crippen LogP contribution in [0.5, 0.6) is 0 Å². The minimum atomic E-state index is -0.385. The molecule has 2 aromatic rings. The van der Waals surface area contributed by atoms with Crippen LogP contribution in [-0.4, -0.2) is 20.8 Å². The number of hydrogen-bond acceptors (Lipinski definition) is 5. The number of aromatic nitrogens is 3. The van der Waals surface area contributed by atoms with Gasteiger partial charge >= 0.3 is 0 Å². The van der Waals surface area contributed by atoms with Gasteiger partial charge in [0.2, 0.25) is 5.91 Å². The highest BCUT2D eigenvalue weighted by Crippen LogP contribution is 2.18. The van der Waals surface area contributed by atoms with Gasteiger partial charge in [-0.3, -0.25) is 9.59 Å². The maximum atomic E-state index is 11.9. The Balaban J connectivity index is 2.15. The summed E-state index contributed by atoms with van der Waals surface area (Å²) in [7, 11) is 0. The van der Waals surface area contributed by atoms with E-state index in [4.69, 9.17) is 4.52 Å². The third-order valence-corrected chi connectivity index (χ3v) is 2.82. The van der Waals surface area contributed by atoms with E-state index in [2.05, 4.69) is 15.6 Å². The first-order chi connectivity index (χ1) is 9.75. The summed E-state index contributed by atoms with van der Waals surface area (Å²) in [5, 5.41) is 10.4. The van der Waals surface area contributed by atoms with Crippen molar-refractivity contribution in [3.05, 3.63) is 40.0 Å². The van der Waals surface area contributed by atoms with Crippen molar-refractivity contribution in [2.75, 3.05) is 5.32 Å². The van der Waals surface area contributed by atoms with Crippen LogP contribution in [0.4, 0.5) is 5.82 Å². The summed E-state index contributed by atoms with van der Waals surface area (Å²) >= 11 is 0. The van der Waals surface area contributed by atoms with E-state index in [1.807, 2.05) is 20.8 Å². The maximum Gasteiger partial charge on any atom is 0.267 e. The molecule has 0 fully saturated rings. The molecule has 0 aromatic carbocycles. The first-order valence-corrected chi connectivity index (χ1v) is 6.57. The number of rotatable bonds is 3. The molecule has 1 amide bonds. The third-order valence-electron chi connectivity index (χ3n) is 2.82. The van der Waals surface area contributed by atoms with Crippen LogP contribution in [0.15, 0.2) is 27.5 Å². The second kappa shape index (κ2) is 5.51. The topological polar surface area (TPSA) is 90.0 Å². The van der Waals surface area contributed by atoms with E-state index in [1.54, 1.807) is 19.1 Å². The van der Waals surface area contributed by atoms with Crippen molar-refractivity contribution >= 4 is 11.7 Å². The van der Waals surface area contributed by atoms with Crippen molar-refractivity contribution < 1.29 is 9.32 Å². The first kappa shape index (κ1) is 15.0. The Hall–Kier alpha value is -2.44. The Kier molecular flexibility index (Phi) is 3.93. The first-order valence-electron chi connectivity index (χ1n) is 6.57. The van der Waals surface area contributed by atoms with Crippen LogP contribution in [0.25, 0.3) is 0 Å². The van der Waals surface area contributed by atoms with Gasteiger partial charge in [0.15, 0.2) is 5.82 Å². The average molecular weight is 290 g/mol. The van der Waals surface area contributed by atoms with Crippen LogP contribution < -0.4 is 10.9 Å². The van der Waals surface area contributed by atoms with Crippen LogP contribution in [0, 0.1) is 6.92 Å². The summed E-state index contributed by atoms with van der Waals surface area (Å²) in [5.74, 6) is 0.525. The minimum absolute atomic E-state index is 0.172. The molecule has 0 radical (unpaired) electrons. The zero-order valence-electron chi connectivity index (χ0n) is 12.5. The average Bonchev–Trinajstić information content (AvgIpc) is 2.76. The van der Waals surface area contributed by atoms with Crippen LogP contribution in [0.2, 0.25) is 0 Å². The molecule has 21 heavy (non-hydrogen) atoms. The van der Waals surface area contributed by atoms with E-state index in [0.717, 1.165) is 10.4 Å². The molecule has 0 unspecified atom stereocenters. The highest BCUT2D eigenvalue weighted by Gasteiger charge is 2.17. The van der Waals surface area contributed by atoms with Gasteiger partial charge in [0.1, 0.15) is 12.3 Å². The van der Waals surface area contributed by atoms with Crippen molar-refractivity contribution in [1.82, 2.24) is 14.9 Å². The van der Waals surface area contributed by atoms with Crippen molar-refractivity contribution in [2.24, 2.45) is 0 Å². The molecule has 0 atom stereocenters. The number of anilines is 1. The second-order valence-corrected chi connectivity index (χ2v) is 5.84. The van der Waals surface area contributed by atoms with E-state index < -0.39 is 0 Å². The SMILES string of the molecule is Cc1cc(NC(=O)Cn2nc(C(C)(C)C)ccc2=O)no1. The van der Waals surface area contributed by atoms with Gasteiger partial charge < -0.3 is 9.84 Å². The number of amides is 1. The standard InChI is InChI=1S/C14H18N4O3/c1-9-7-11(17-21-9)15-12(19)8-18-13(20)6-5-10(16-18)14(2,3)4/h5-7H,8H2,1-4H3,(H,15,17,19). The summed E-state index contributed by atoms with van der Waals surface area (Å²) in [5.41, 5.74) is 0.219. The maximum absolute atomic E-state index is 11.9. The smallest absolute Gasteiger partial charge is 0.267 e. The molecule has 0 aliphatic rings. The largest absolute Gasteiger partial charge is 0.360 e. The lowest BCUT2D eigenvalue weighted by Crippen LogP contribution is -2.31. The number of carbonyl (C=O) groups excluding carboxylic acids is 1. The summed E-state index contributed by atoms with van der Waals surface area (Å²) in [6.45, 7) is 7.52. The Labute approximate surface area is 121 Å². The fourth-order valence-electron chi connectivity index (χ4n) is 1.71. The molecular weight excluding hydrogens is 272 g/mol. The van der Waals surface area contributed by atoms with Crippen LogP contribution in [-0.2, 0) is 16.8 Å². The van der Waals surface area contributed by atoms with Crippen molar-refractivity contribution in [3.63, 3.8) is 0 Å². The molecule has 7 heteroatoms. The van der Waals surface area contributed by atoms with Gasteiger partial charge in [-0.1, -0.05) is 25.9 Å². The van der Waals surface area contributed by atoms with E-state index in [0.29, 0.717) is 11.6 Å². The van der Waals surface area contributed by atoms with Gasteiger partial charge in [0.25, 0.3) is 5.56 Å². The number of carbonyl (C=O) groups is 1. The predicted octanol–water partition coefficient (Wildman–Crippen LogP) is 1.48. The number of hydrogen-bond donors (Lipinski definition) is 1. The van der Waals surface area contributed by atoms with Gasteiger partial charge in [-0.15, -0.1) is 0 Å². The van der Waals surface area contributed by atoms with E-state index in [-0.39, 0.29) is 23.4 Å². The fraction of sp³-hybridized carbons (Fsp3) is 0.429. The lowest BCUT2D eigenvalue weighted by Gasteiger charge is -2.18. The molecule has 0 saturated heterocycles. The van der Waals surface area contributed by atoms with Crippen LogP contribution in [0.1, 0.15) is 32.2 Å². The van der Waals surface area contributed by atoms with Crippen molar-refractivity contribution in [2.45, 2.75) is 39.7 Å². The summed E-state index contributed by atoms with van der Waals surface area (Å²) in [6.07, 6.45) is 0. The Morgan fingerprint density at radius 2 is 2.10 bits per heavy atom. The quantitative estimate of drug-likeness (QED) is 0.924. The molecule has 112 valence electrons. The van der Waals surface area contributed by atoms with Crippen molar-refractivity contribution in [3.8, 4) is 0 Å². The molecule has 0 saturated carbocycles. The monoisotopic (exact) mass is 290 g/mol. The van der Waals surface area contributed by atoms with Crippen LogP contribution >= 0.6 is 0 Å². The van der Waals surface area contributed by atoms with Gasteiger partial charge in [-0.2, -0.15) is 5.10 Å². The van der Waals surface area contributed by atoms with E-state index in [1.165, 1.54) is 6.07 Å².